The molecule has 1 aliphatic rings. The Bertz CT molecular complexity index is 931. The molecule has 0 aliphatic carbocycles. The first-order chi connectivity index (χ1) is 12.6. The van der Waals surface area contributed by atoms with Crippen LogP contribution in [0.5, 0.6) is 0 Å². The van der Waals surface area contributed by atoms with Gasteiger partial charge < -0.3 is 10.6 Å². The van der Waals surface area contributed by atoms with E-state index in [0.717, 1.165) is 16.8 Å². The summed E-state index contributed by atoms with van der Waals surface area (Å²) in [5.74, 6) is -0.434. The summed E-state index contributed by atoms with van der Waals surface area (Å²) in [4.78, 5) is 14.4. The minimum Gasteiger partial charge on any atom is -0.329 e. The lowest BCUT2D eigenvalue weighted by atomic mass is 10.2. The number of amides is 1. The largest absolute Gasteiger partial charge is 0.329 e. The van der Waals surface area contributed by atoms with Gasteiger partial charge in [0.05, 0.1) is 37.7 Å². The van der Waals surface area contributed by atoms with E-state index in [-0.39, 0.29) is 11.7 Å². The number of nitrogens with zero attached hydrogens (tertiary/aromatic N) is 6. The fourth-order valence-electron chi connectivity index (χ4n) is 3.05. The Morgan fingerprint density at radius 2 is 2.04 bits per heavy atom. The molecule has 0 bridgehead atoms. The van der Waals surface area contributed by atoms with Gasteiger partial charge in [0.15, 0.2) is 5.69 Å². The fourth-order valence-corrected chi connectivity index (χ4v) is 3.05. The maximum absolute atomic E-state index is 13.1. The summed E-state index contributed by atoms with van der Waals surface area (Å²) >= 11 is 0. The number of aromatic nitrogens is 5. The minimum absolute atomic E-state index is 0.169. The predicted octanol–water partition coefficient (Wildman–Crippen LogP) is 0.777. The normalized spacial score (nSPS) is 13.2. The molecule has 26 heavy (non-hydrogen) atoms. The maximum atomic E-state index is 13.1. The second-order valence-corrected chi connectivity index (χ2v) is 6.22. The number of carbonyl (C=O) groups excluding carboxylic acids is 1. The second kappa shape index (κ2) is 6.68. The van der Waals surface area contributed by atoms with Crippen LogP contribution in [0.1, 0.15) is 27.3 Å². The lowest BCUT2D eigenvalue weighted by Gasteiger charge is -2.14. The van der Waals surface area contributed by atoms with Gasteiger partial charge >= 0.3 is 0 Å². The van der Waals surface area contributed by atoms with Crippen LogP contribution in [-0.2, 0) is 26.2 Å². The van der Waals surface area contributed by atoms with E-state index in [1.807, 2.05) is 4.68 Å². The third-order valence-electron chi connectivity index (χ3n) is 4.39. The average molecular weight is 355 g/mol. The number of rotatable bonds is 5. The van der Waals surface area contributed by atoms with Crippen molar-refractivity contribution in [3.63, 3.8) is 0 Å². The molecule has 134 valence electrons. The molecule has 4 rings (SSSR count). The number of benzene rings is 1. The zero-order valence-electron chi connectivity index (χ0n) is 14.0. The quantitative estimate of drug-likeness (QED) is 0.730. The van der Waals surface area contributed by atoms with E-state index in [4.69, 9.17) is 5.73 Å². The number of hydrogen-bond acceptors (Lipinski definition) is 5. The van der Waals surface area contributed by atoms with Gasteiger partial charge in [-0.05, 0) is 17.7 Å². The highest BCUT2D eigenvalue weighted by Gasteiger charge is 2.29. The van der Waals surface area contributed by atoms with Crippen molar-refractivity contribution in [2.24, 2.45) is 5.73 Å². The van der Waals surface area contributed by atoms with Gasteiger partial charge in [-0.15, -0.1) is 5.10 Å². The van der Waals surface area contributed by atoms with E-state index in [0.29, 0.717) is 38.4 Å². The number of fused-ring (bicyclic) bond motifs is 1. The zero-order valence-corrected chi connectivity index (χ0v) is 14.0. The lowest BCUT2D eigenvalue weighted by Crippen LogP contribution is -2.26. The zero-order chi connectivity index (χ0) is 18.1. The Morgan fingerprint density at radius 3 is 2.81 bits per heavy atom. The monoisotopic (exact) mass is 355 g/mol. The minimum atomic E-state index is -0.265. The maximum Gasteiger partial charge on any atom is 0.276 e. The summed E-state index contributed by atoms with van der Waals surface area (Å²) in [5, 5.41) is 12.2. The summed E-state index contributed by atoms with van der Waals surface area (Å²) in [7, 11) is 0. The number of hydrogen-bond donors (Lipinski definition) is 1. The molecule has 0 fully saturated rings. The molecule has 3 heterocycles. The van der Waals surface area contributed by atoms with Crippen molar-refractivity contribution in [3.05, 3.63) is 65.0 Å². The van der Waals surface area contributed by atoms with Gasteiger partial charge in [-0.3, -0.25) is 14.2 Å². The lowest BCUT2D eigenvalue weighted by molar-refractivity contribution is 0.0742. The van der Waals surface area contributed by atoms with Gasteiger partial charge in [0.1, 0.15) is 5.82 Å². The molecule has 1 aliphatic heterocycles. The third kappa shape index (κ3) is 3.08. The smallest absolute Gasteiger partial charge is 0.276 e. The third-order valence-corrected chi connectivity index (χ3v) is 4.39. The number of nitrogens with two attached hydrogens (primary N) is 1. The number of carbonyl (C=O) groups is 1. The van der Waals surface area contributed by atoms with Crippen LogP contribution in [0.25, 0.3) is 0 Å². The van der Waals surface area contributed by atoms with Crippen LogP contribution in [0.3, 0.4) is 0 Å². The van der Waals surface area contributed by atoms with Crippen molar-refractivity contribution in [1.82, 2.24) is 29.7 Å². The highest BCUT2D eigenvalue weighted by molar-refractivity contribution is 5.92. The Morgan fingerprint density at radius 1 is 1.23 bits per heavy atom. The molecule has 2 N–H and O–H groups in total. The molecule has 0 radical (unpaired) electrons. The van der Waals surface area contributed by atoms with Gasteiger partial charge in [-0.25, -0.2) is 4.39 Å². The van der Waals surface area contributed by atoms with Gasteiger partial charge in [0.25, 0.3) is 5.91 Å². The molecule has 0 saturated carbocycles. The molecule has 0 atom stereocenters. The van der Waals surface area contributed by atoms with Crippen molar-refractivity contribution in [2.75, 3.05) is 6.54 Å². The Hall–Kier alpha value is -3.07. The highest BCUT2D eigenvalue weighted by Crippen LogP contribution is 2.24. The molecular formula is C17H18FN7O. The summed E-state index contributed by atoms with van der Waals surface area (Å²) < 4.78 is 16.5. The Balaban J connectivity index is 1.48. The molecule has 0 saturated heterocycles. The van der Waals surface area contributed by atoms with Gasteiger partial charge in [0.2, 0.25) is 0 Å². The topological polar surface area (TPSA) is 94.9 Å². The van der Waals surface area contributed by atoms with E-state index in [1.54, 1.807) is 34.1 Å². The van der Waals surface area contributed by atoms with Crippen LogP contribution >= 0.6 is 0 Å². The first kappa shape index (κ1) is 16.4. The van der Waals surface area contributed by atoms with Crippen LogP contribution in [0.15, 0.2) is 36.7 Å². The molecule has 2 aromatic heterocycles. The van der Waals surface area contributed by atoms with Gasteiger partial charge in [-0.1, -0.05) is 17.3 Å². The molecule has 0 unspecified atom stereocenters. The molecule has 8 nitrogen and oxygen atoms in total. The van der Waals surface area contributed by atoms with Crippen LogP contribution in [0, 0.1) is 5.82 Å². The van der Waals surface area contributed by atoms with Crippen molar-refractivity contribution < 1.29 is 9.18 Å². The standard InChI is InChI=1S/C17H18FN7O/c18-14-3-1-12(2-4-14)8-25-16-11-23(9-13(16)7-20-25)17(26)15-10-24(6-5-19)22-21-15/h1-4,7,10H,5-6,8-9,11,19H2. The van der Waals surface area contributed by atoms with Gasteiger partial charge in [0, 0.05) is 18.7 Å². The fraction of sp³-hybridized carbons (Fsp3) is 0.294. The first-order valence-corrected chi connectivity index (χ1v) is 8.31. The summed E-state index contributed by atoms with van der Waals surface area (Å²) in [6.07, 6.45) is 3.39. The van der Waals surface area contributed by atoms with E-state index >= 15 is 0 Å². The molecule has 0 spiro atoms. The van der Waals surface area contributed by atoms with Crippen LogP contribution in [0.2, 0.25) is 0 Å². The average Bonchev–Trinajstić information content (AvgIpc) is 3.34. The van der Waals surface area contributed by atoms with E-state index in [2.05, 4.69) is 15.4 Å². The highest BCUT2D eigenvalue weighted by atomic mass is 19.1. The number of halogens is 1. The van der Waals surface area contributed by atoms with Crippen LogP contribution in [-0.4, -0.2) is 42.1 Å². The molecule has 1 aromatic carbocycles. The van der Waals surface area contributed by atoms with E-state index in [9.17, 15) is 9.18 Å². The summed E-state index contributed by atoms with van der Waals surface area (Å²) in [5.41, 5.74) is 8.74. The molecule has 9 heteroatoms. The van der Waals surface area contributed by atoms with E-state index in [1.165, 1.54) is 12.1 Å². The van der Waals surface area contributed by atoms with Crippen molar-refractivity contribution in [1.29, 1.82) is 0 Å². The SMILES string of the molecule is NCCn1cc(C(=O)N2Cc3cnn(Cc4ccc(F)cc4)c3C2)nn1. The van der Waals surface area contributed by atoms with E-state index < -0.39 is 0 Å². The Labute approximate surface area is 149 Å². The van der Waals surface area contributed by atoms with Crippen molar-refractivity contribution in [3.8, 4) is 0 Å². The molecular weight excluding hydrogens is 337 g/mol. The van der Waals surface area contributed by atoms with Crippen molar-refractivity contribution >= 4 is 5.91 Å². The predicted molar refractivity (Wildman–Crippen MR) is 90.4 cm³/mol. The summed E-state index contributed by atoms with van der Waals surface area (Å²) in [6.45, 7) is 2.43. The van der Waals surface area contributed by atoms with Crippen LogP contribution < -0.4 is 5.73 Å². The Kier molecular flexibility index (Phi) is 4.21. The van der Waals surface area contributed by atoms with Crippen LogP contribution in [0.4, 0.5) is 4.39 Å². The molecule has 3 aromatic rings. The first-order valence-electron chi connectivity index (χ1n) is 8.31. The summed E-state index contributed by atoms with van der Waals surface area (Å²) in [6, 6.07) is 6.33. The molecule has 1 amide bonds. The second-order valence-electron chi connectivity index (χ2n) is 6.22. The van der Waals surface area contributed by atoms with Crippen molar-refractivity contribution in [2.45, 2.75) is 26.2 Å². The van der Waals surface area contributed by atoms with Gasteiger partial charge in [-0.2, -0.15) is 5.10 Å².